The summed E-state index contributed by atoms with van der Waals surface area (Å²) >= 11 is 0. The lowest BCUT2D eigenvalue weighted by Gasteiger charge is -2.31. The predicted molar refractivity (Wildman–Crippen MR) is 58.4 cm³/mol. The van der Waals surface area contributed by atoms with Crippen molar-refractivity contribution in [2.24, 2.45) is 0 Å². The first kappa shape index (κ1) is 15.0. The van der Waals surface area contributed by atoms with Gasteiger partial charge in [0.1, 0.15) is 0 Å². The molecule has 0 amide bonds. The quantitative estimate of drug-likeness (QED) is 0.756. The van der Waals surface area contributed by atoms with Gasteiger partial charge in [0, 0.05) is 0 Å². The molecule has 0 radical (unpaired) electrons. The average Bonchev–Trinajstić information content (AvgIpc) is 2.05. The molecule has 1 atom stereocenters. The molecule has 1 aliphatic rings. The molecule has 1 heterocycles. The monoisotopic (exact) mass is 214 g/mol. The van der Waals surface area contributed by atoms with Gasteiger partial charge < -0.3 is 5.32 Å². The molecule has 0 aromatic rings. The van der Waals surface area contributed by atoms with Gasteiger partial charge in [0.15, 0.2) is 0 Å². The number of piperidine rings is 1. The molecule has 0 aliphatic carbocycles. The Hall–Kier alpha value is 0.500. The highest BCUT2D eigenvalue weighted by atomic mass is 35.5. The molecular formula is C8H20Cl2N2. The third-order valence-electron chi connectivity index (χ3n) is 2.32. The first-order chi connectivity index (χ1) is 4.84. The zero-order chi connectivity index (χ0) is 7.40. The minimum Gasteiger partial charge on any atom is -0.302 e. The maximum atomic E-state index is 3.50. The predicted octanol–water partition coefficient (Wildman–Crippen LogP) is 1.88. The largest absolute Gasteiger partial charge is 0.302 e. The molecule has 1 aliphatic heterocycles. The van der Waals surface area contributed by atoms with E-state index in [-0.39, 0.29) is 24.8 Å². The van der Waals surface area contributed by atoms with Crippen LogP contribution in [-0.2, 0) is 0 Å². The van der Waals surface area contributed by atoms with E-state index in [2.05, 4.69) is 24.2 Å². The summed E-state index contributed by atoms with van der Waals surface area (Å²) in [5.41, 5.74) is 0. The fourth-order valence-electron chi connectivity index (χ4n) is 1.43. The first-order valence-corrected chi connectivity index (χ1v) is 4.28. The lowest BCUT2D eigenvalue weighted by molar-refractivity contribution is 0.178. The number of rotatable bonds is 2. The van der Waals surface area contributed by atoms with Crippen LogP contribution < -0.4 is 5.32 Å². The zero-order valence-corrected chi connectivity index (χ0v) is 9.51. The van der Waals surface area contributed by atoms with Crippen LogP contribution in [0, 0.1) is 0 Å². The van der Waals surface area contributed by atoms with E-state index < -0.39 is 0 Å². The van der Waals surface area contributed by atoms with Crippen molar-refractivity contribution in [1.29, 1.82) is 0 Å². The van der Waals surface area contributed by atoms with E-state index in [1.54, 1.807) is 0 Å². The molecule has 0 saturated carbocycles. The van der Waals surface area contributed by atoms with Gasteiger partial charge in [0.25, 0.3) is 0 Å². The molecule has 12 heavy (non-hydrogen) atoms. The van der Waals surface area contributed by atoms with Crippen LogP contribution in [0.5, 0.6) is 0 Å². The zero-order valence-electron chi connectivity index (χ0n) is 7.88. The van der Waals surface area contributed by atoms with Gasteiger partial charge in [-0.15, -0.1) is 24.8 Å². The van der Waals surface area contributed by atoms with E-state index in [0.717, 1.165) is 6.54 Å². The molecular weight excluding hydrogens is 195 g/mol. The van der Waals surface area contributed by atoms with Crippen LogP contribution in [0.4, 0.5) is 0 Å². The minimum absolute atomic E-state index is 0. The first-order valence-electron chi connectivity index (χ1n) is 4.28. The summed E-state index contributed by atoms with van der Waals surface area (Å²) in [5.74, 6) is 0. The Morgan fingerprint density at radius 3 is 2.42 bits per heavy atom. The summed E-state index contributed by atoms with van der Waals surface area (Å²) in [6.07, 6.45) is 4.72. The van der Waals surface area contributed by atoms with Crippen molar-refractivity contribution in [3.63, 3.8) is 0 Å². The SMILES string of the molecule is CCN(C)C1CCCCN1.Cl.Cl. The van der Waals surface area contributed by atoms with E-state index in [0.29, 0.717) is 6.17 Å². The fourth-order valence-corrected chi connectivity index (χ4v) is 1.43. The molecule has 4 heteroatoms. The van der Waals surface area contributed by atoms with Crippen LogP contribution in [0.3, 0.4) is 0 Å². The molecule has 1 rings (SSSR count). The van der Waals surface area contributed by atoms with Gasteiger partial charge in [-0.2, -0.15) is 0 Å². The molecule has 1 fully saturated rings. The number of hydrogen-bond acceptors (Lipinski definition) is 2. The van der Waals surface area contributed by atoms with Crippen LogP contribution in [-0.4, -0.2) is 31.2 Å². The topological polar surface area (TPSA) is 15.3 Å². The molecule has 0 aromatic carbocycles. The lowest BCUT2D eigenvalue weighted by Crippen LogP contribution is -2.46. The van der Waals surface area contributed by atoms with Crippen molar-refractivity contribution >= 4 is 24.8 Å². The standard InChI is InChI=1S/C8H18N2.2ClH/c1-3-10(2)8-6-4-5-7-9-8;;/h8-9H,3-7H2,1-2H3;2*1H. The second-order valence-electron chi connectivity index (χ2n) is 3.04. The average molecular weight is 215 g/mol. The van der Waals surface area contributed by atoms with Gasteiger partial charge in [-0.1, -0.05) is 6.92 Å². The number of nitrogens with one attached hydrogen (secondary N) is 1. The van der Waals surface area contributed by atoms with Gasteiger partial charge in [-0.05, 0) is 39.4 Å². The molecule has 0 aromatic heterocycles. The van der Waals surface area contributed by atoms with E-state index in [4.69, 9.17) is 0 Å². The van der Waals surface area contributed by atoms with Crippen LogP contribution in [0.1, 0.15) is 26.2 Å². The Bertz CT molecular complexity index is 95.1. The summed E-state index contributed by atoms with van der Waals surface area (Å²) in [5, 5.41) is 3.50. The van der Waals surface area contributed by atoms with E-state index in [1.165, 1.54) is 25.8 Å². The van der Waals surface area contributed by atoms with Gasteiger partial charge in [-0.25, -0.2) is 0 Å². The van der Waals surface area contributed by atoms with Crippen molar-refractivity contribution in [2.45, 2.75) is 32.4 Å². The third kappa shape index (κ3) is 4.51. The molecule has 1 unspecified atom stereocenters. The van der Waals surface area contributed by atoms with Crippen molar-refractivity contribution in [3.05, 3.63) is 0 Å². The molecule has 0 spiro atoms. The summed E-state index contributed by atoms with van der Waals surface area (Å²) in [6, 6.07) is 0. The van der Waals surface area contributed by atoms with Gasteiger partial charge in [-0.3, -0.25) is 4.90 Å². The van der Waals surface area contributed by atoms with Crippen molar-refractivity contribution in [1.82, 2.24) is 10.2 Å². The number of halogens is 2. The Balaban J connectivity index is 0. The Morgan fingerprint density at radius 1 is 1.33 bits per heavy atom. The summed E-state index contributed by atoms with van der Waals surface area (Å²) in [6.45, 7) is 4.56. The summed E-state index contributed by atoms with van der Waals surface area (Å²) in [4.78, 5) is 2.37. The molecule has 76 valence electrons. The molecule has 0 bridgehead atoms. The van der Waals surface area contributed by atoms with E-state index >= 15 is 0 Å². The van der Waals surface area contributed by atoms with Crippen LogP contribution in [0.2, 0.25) is 0 Å². The Labute approximate surface area is 87.9 Å². The third-order valence-corrected chi connectivity index (χ3v) is 2.32. The van der Waals surface area contributed by atoms with Crippen LogP contribution in [0.15, 0.2) is 0 Å². The lowest BCUT2D eigenvalue weighted by atomic mass is 10.1. The Kier molecular flexibility index (Phi) is 10.1. The maximum absolute atomic E-state index is 3.50. The highest BCUT2D eigenvalue weighted by Crippen LogP contribution is 2.08. The fraction of sp³-hybridized carbons (Fsp3) is 1.00. The highest BCUT2D eigenvalue weighted by Gasteiger charge is 2.14. The number of hydrogen-bond donors (Lipinski definition) is 1. The summed E-state index contributed by atoms with van der Waals surface area (Å²) in [7, 11) is 2.18. The second-order valence-corrected chi connectivity index (χ2v) is 3.04. The van der Waals surface area contributed by atoms with Gasteiger partial charge >= 0.3 is 0 Å². The van der Waals surface area contributed by atoms with Crippen LogP contribution in [0.25, 0.3) is 0 Å². The molecule has 1 saturated heterocycles. The maximum Gasteiger partial charge on any atom is 0.0594 e. The minimum atomic E-state index is 0. The van der Waals surface area contributed by atoms with Gasteiger partial charge in [0.05, 0.1) is 6.17 Å². The van der Waals surface area contributed by atoms with Crippen molar-refractivity contribution in [3.8, 4) is 0 Å². The normalized spacial score (nSPS) is 22.8. The van der Waals surface area contributed by atoms with E-state index in [1.807, 2.05) is 0 Å². The van der Waals surface area contributed by atoms with Gasteiger partial charge in [0.2, 0.25) is 0 Å². The molecule has 2 nitrogen and oxygen atoms in total. The summed E-state index contributed by atoms with van der Waals surface area (Å²) < 4.78 is 0. The smallest absolute Gasteiger partial charge is 0.0594 e. The van der Waals surface area contributed by atoms with Crippen molar-refractivity contribution in [2.75, 3.05) is 20.1 Å². The Morgan fingerprint density at radius 2 is 2.00 bits per heavy atom. The second kappa shape index (κ2) is 8.11. The van der Waals surface area contributed by atoms with Crippen molar-refractivity contribution < 1.29 is 0 Å². The number of nitrogens with zero attached hydrogens (tertiary/aromatic N) is 1. The van der Waals surface area contributed by atoms with Crippen LogP contribution >= 0.6 is 24.8 Å². The highest BCUT2D eigenvalue weighted by molar-refractivity contribution is 5.85. The van der Waals surface area contributed by atoms with E-state index in [9.17, 15) is 0 Å². The molecule has 1 N–H and O–H groups in total.